The van der Waals surface area contributed by atoms with Crippen molar-refractivity contribution in [3.8, 4) is 5.19 Å². The van der Waals surface area contributed by atoms with Crippen LogP contribution in [0.4, 0.5) is 0 Å². The molecule has 0 saturated heterocycles. The fraction of sp³-hybridized carbons (Fsp3) is 0.500. The fourth-order valence-electron chi connectivity index (χ4n) is 3.74. The predicted octanol–water partition coefficient (Wildman–Crippen LogP) is 4.86. The van der Waals surface area contributed by atoms with E-state index in [0.29, 0.717) is 17.7 Å². The van der Waals surface area contributed by atoms with Crippen LogP contribution in [0.1, 0.15) is 40.5 Å². The molecule has 1 heterocycles. The predicted molar refractivity (Wildman–Crippen MR) is 103 cm³/mol. The Hall–Kier alpha value is -1.88. The molecule has 0 bridgehead atoms. The molecule has 1 aromatic carbocycles. The molecule has 1 unspecified atom stereocenters. The summed E-state index contributed by atoms with van der Waals surface area (Å²) in [4.78, 5) is 19.0. The molecule has 5 heteroatoms. The maximum Gasteiger partial charge on any atom is 0.274 e. The average Bonchev–Trinajstić information content (AvgIpc) is 2.94. The van der Waals surface area contributed by atoms with Gasteiger partial charge in [0.1, 0.15) is 0 Å². The molecule has 25 heavy (non-hydrogen) atoms. The molecule has 0 N–H and O–H groups in total. The zero-order valence-electron chi connectivity index (χ0n) is 15.4. The molecule has 0 aliphatic heterocycles. The van der Waals surface area contributed by atoms with E-state index in [9.17, 15) is 4.79 Å². The van der Waals surface area contributed by atoms with Gasteiger partial charge in [0.2, 0.25) is 0 Å². The van der Waals surface area contributed by atoms with Crippen molar-refractivity contribution in [1.82, 2.24) is 9.88 Å². The van der Waals surface area contributed by atoms with Gasteiger partial charge in [0, 0.05) is 12.2 Å². The zero-order chi connectivity index (χ0) is 18.0. The first-order chi connectivity index (χ1) is 11.9. The number of aromatic nitrogens is 1. The number of fused-ring (bicyclic) bond motifs is 1. The molecule has 0 fully saturated rings. The van der Waals surface area contributed by atoms with Crippen molar-refractivity contribution in [3.63, 3.8) is 0 Å². The maximum absolute atomic E-state index is 12.7. The minimum Gasteiger partial charge on any atom is -0.460 e. The van der Waals surface area contributed by atoms with E-state index >= 15 is 0 Å². The molecule has 4 nitrogen and oxygen atoms in total. The second kappa shape index (κ2) is 7.16. The van der Waals surface area contributed by atoms with E-state index in [0.717, 1.165) is 28.8 Å². The lowest BCUT2D eigenvalue weighted by atomic mass is 9.76. The number of carbonyl (C=O) groups is 1. The highest BCUT2D eigenvalue weighted by molar-refractivity contribution is 7.20. The van der Waals surface area contributed by atoms with Gasteiger partial charge in [0.15, 0.2) is 6.61 Å². The van der Waals surface area contributed by atoms with Crippen LogP contribution in [0, 0.1) is 11.3 Å². The molecule has 1 aliphatic rings. The Morgan fingerprint density at radius 3 is 2.84 bits per heavy atom. The zero-order valence-corrected chi connectivity index (χ0v) is 16.2. The second-order valence-electron chi connectivity index (χ2n) is 7.51. The lowest BCUT2D eigenvalue weighted by Gasteiger charge is -2.36. The van der Waals surface area contributed by atoms with E-state index in [1.54, 1.807) is 0 Å². The summed E-state index contributed by atoms with van der Waals surface area (Å²) in [6.07, 6.45) is 4.36. The van der Waals surface area contributed by atoms with Crippen LogP contribution in [0.25, 0.3) is 10.2 Å². The number of likely N-dealkylation sites (N-methyl/N-ethyl adjacent to an activating group) is 1. The third kappa shape index (κ3) is 4.21. The average molecular weight is 359 g/mol. The van der Waals surface area contributed by atoms with Gasteiger partial charge >= 0.3 is 0 Å². The maximum atomic E-state index is 12.7. The molecule has 0 radical (unpaired) electrons. The van der Waals surface area contributed by atoms with Crippen molar-refractivity contribution in [2.75, 3.05) is 13.2 Å². The minimum atomic E-state index is -0.00194. The van der Waals surface area contributed by atoms with Crippen LogP contribution >= 0.6 is 11.3 Å². The smallest absolute Gasteiger partial charge is 0.274 e. The van der Waals surface area contributed by atoms with Crippen molar-refractivity contribution >= 4 is 27.5 Å². The van der Waals surface area contributed by atoms with E-state index < -0.39 is 0 Å². The molecular formula is C20H26N2O2S. The summed E-state index contributed by atoms with van der Waals surface area (Å²) in [5, 5.41) is 0.553. The molecule has 0 saturated carbocycles. The number of hydrogen-bond acceptors (Lipinski definition) is 4. The molecule has 134 valence electrons. The van der Waals surface area contributed by atoms with Gasteiger partial charge in [-0.15, -0.1) is 0 Å². The largest absolute Gasteiger partial charge is 0.460 e. The van der Waals surface area contributed by atoms with Gasteiger partial charge in [-0.1, -0.05) is 50.3 Å². The first kappa shape index (κ1) is 17.9. The van der Waals surface area contributed by atoms with Gasteiger partial charge in [-0.25, -0.2) is 4.98 Å². The summed E-state index contributed by atoms with van der Waals surface area (Å²) < 4.78 is 6.77. The third-order valence-corrected chi connectivity index (χ3v) is 5.50. The fourth-order valence-corrected chi connectivity index (χ4v) is 4.55. The molecular weight excluding hydrogens is 332 g/mol. The summed E-state index contributed by atoms with van der Waals surface area (Å²) >= 11 is 1.48. The number of para-hydroxylation sites is 1. The number of thiazole rings is 1. The van der Waals surface area contributed by atoms with E-state index in [4.69, 9.17) is 4.74 Å². The van der Waals surface area contributed by atoms with Crippen LogP contribution in [-0.2, 0) is 4.79 Å². The van der Waals surface area contributed by atoms with Crippen LogP contribution in [0.2, 0.25) is 0 Å². The van der Waals surface area contributed by atoms with Crippen molar-refractivity contribution in [1.29, 1.82) is 0 Å². The summed E-state index contributed by atoms with van der Waals surface area (Å²) in [7, 11) is 0. The van der Waals surface area contributed by atoms with Crippen LogP contribution in [0.3, 0.4) is 0 Å². The summed E-state index contributed by atoms with van der Waals surface area (Å²) in [6, 6.07) is 7.90. The number of rotatable bonds is 5. The molecule has 1 atom stereocenters. The van der Waals surface area contributed by atoms with Gasteiger partial charge < -0.3 is 9.64 Å². The van der Waals surface area contributed by atoms with E-state index in [1.165, 1.54) is 11.3 Å². The highest BCUT2D eigenvalue weighted by Crippen LogP contribution is 2.38. The lowest BCUT2D eigenvalue weighted by molar-refractivity contribution is -0.131. The van der Waals surface area contributed by atoms with Crippen molar-refractivity contribution in [2.24, 2.45) is 11.3 Å². The third-order valence-electron chi connectivity index (χ3n) is 4.55. The molecule has 0 spiro atoms. The van der Waals surface area contributed by atoms with Gasteiger partial charge in [-0.2, -0.15) is 0 Å². The van der Waals surface area contributed by atoms with Crippen molar-refractivity contribution in [3.05, 3.63) is 36.0 Å². The monoisotopic (exact) mass is 358 g/mol. The highest BCUT2D eigenvalue weighted by Gasteiger charge is 2.29. The number of benzene rings is 1. The second-order valence-corrected chi connectivity index (χ2v) is 8.51. The Morgan fingerprint density at radius 2 is 2.16 bits per heavy atom. The standard InChI is InChI=1S/C20H26N2O2S/c1-5-22(15-10-14(2)11-20(3,4)12-15)18(23)13-24-19-21-16-8-6-7-9-17(16)25-19/h6-9,12,14H,5,10-11,13H2,1-4H3. The topological polar surface area (TPSA) is 42.4 Å². The number of carbonyl (C=O) groups excluding carboxylic acids is 1. The van der Waals surface area contributed by atoms with Crippen molar-refractivity contribution in [2.45, 2.75) is 40.5 Å². The first-order valence-electron chi connectivity index (χ1n) is 8.88. The Balaban J connectivity index is 1.69. The van der Waals surface area contributed by atoms with E-state index in [-0.39, 0.29) is 17.9 Å². The van der Waals surface area contributed by atoms with Gasteiger partial charge in [-0.3, -0.25) is 4.79 Å². The van der Waals surface area contributed by atoms with Crippen LogP contribution in [0.5, 0.6) is 5.19 Å². The van der Waals surface area contributed by atoms with Gasteiger partial charge in [-0.05, 0) is 43.2 Å². The SMILES string of the molecule is CCN(C(=O)COc1nc2ccccc2s1)C1=CC(C)(C)CC(C)C1. The Bertz CT molecular complexity index is 761. The van der Waals surface area contributed by atoms with Gasteiger partial charge in [0.05, 0.1) is 10.2 Å². The first-order valence-corrected chi connectivity index (χ1v) is 9.70. The number of nitrogens with zero attached hydrogens (tertiary/aromatic N) is 2. The Labute approximate surface area is 153 Å². The minimum absolute atomic E-state index is 0.00194. The number of ether oxygens (including phenoxy) is 1. The van der Waals surface area contributed by atoms with Crippen LogP contribution in [0.15, 0.2) is 36.0 Å². The molecule has 1 amide bonds. The lowest BCUT2D eigenvalue weighted by Crippen LogP contribution is -2.37. The molecule has 1 aliphatic carbocycles. The number of amides is 1. The van der Waals surface area contributed by atoms with Crippen LogP contribution in [-0.4, -0.2) is 28.9 Å². The molecule has 1 aromatic heterocycles. The summed E-state index contributed by atoms with van der Waals surface area (Å²) in [5.74, 6) is 0.583. The van der Waals surface area contributed by atoms with E-state index in [2.05, 4.69) is 31.8 Å². The van der Waals surface area contributed by atoms with E-state index in [1.807, 2.05) is 36.1 Å². The number of hydrogen-bond donors (Lipinski definition) is 0. The molecule has 2 aromatic rings. The summed E-state index contributed by atoms with van der Waals surface area (Å²) in [6.45, 7) is 9.43. The summed E-state index contributed by atoms with van der Waals surface area (Å²) in [5.41, 5.74) is 2.17. The normalized spacial score (nSPS) is 19.5. The molecule has 3 rings (SSSR count). The Morgan fingerprint density at radius 1 is 1.40 bits per heavy atom. The highest BCUT2D eigenvalue weighted by atomic mass is 32.1. The van der Waals surface area contributed by atoms with Crippen molar-refractivity contribution < 1.29 is 9.53 Å². The van der Waals surface area contributed by atoms with Gasteiger partial charge in [0.25, 0.3) is 11.1 Å². The number of allylic oxidation sites excluding steroid dienone is 2. The van der Waals surface area contributed by atoms with Crippen LogP contribution < -0.4 is 4.74 Å². The quantitative estimate of drug-likeness (QED) is 0.766. The Kier molecular flexibility index (Phi) is 5.13.